The quantitative estimate of drug-likeness (QED) is 0.866. The first-order valence-corrected chi connectivity index (χ1v) is 8.24. The van der Waals surface area contributed by atoms with Gasteiger partial charge in [-0.05, 0) is 37.5 Å². The summed E-state index contributed by atoms with van der Waals surface area (Å²) in [6.07, 6.45) is 1.20. The first-order chi connectivity index (χ1) is 8.97. The zero-order valence-corrected chi connectivity index (χ0v) is 12.4. The second-order valence-corrected chi connectivity index (χ2v) is 6.90. The van der Waals surface area contributed by atoms with Crippen LogP contribution in [0.15, 0.2) is 29.2 Å². The number of ether oxygens (including phenoxy) is 1. The van der Waals surface area contributed by atoms with Crippen molar-refractivity contribution in [2.45, 2.75) is 30.2 Å². The Morgan fingerprint density at radius 1 is 1.37 bits per heavy atom. The maximum absolute atomic E-state index is 12.4. The van der Waals surface area contributed by atoms with Gasteiger partial charge >= 0.3 is 0 Å². The fraction of sp³-hybridized carbons (Fsp3) is 0.538. The van der Waals surface area contributed by atoms with E-state index in [1.54, 1.807) is 18.2 Å². The second kappa shape index (κ2) is 5.79. The predicted molar refractivity (Wildman–Crippen MR) is 75.0 cm³/mol. The number of rotatable bonds is 4. The molecule has 1 heterocycles. The van der Waals surface area contributed by atoms with Gasteiger partial charge in [-0.15, -0.1) is 11.6 Å². The van der Waals surface area contributed by atoms with E-state index in [4.69, 9.17) is 16.3 Å². The molecule has 4 nitrogen and oxygen atoms in total. The Bertz CT molecular complexity index is 539. The van der Waals surface area contributed by atoms with Crippen LogP contribution in [0.25, 0.3) is 0 Å². The fourth-order valence-electron chi connectivity index (χ4n) is 2.15. The number of nitrogens with one attached hydrogen (secondary N) is 1. The van der Waals surface area contributed by atoms with Crippen molar-refractivity contribution >= 4 is 21.6 Å². The molecule has 6 heteroatoms. The summed E-state index contributed by atoms with van der Waals surface area (Å²) in [5.74, 6) is 0.251. The topological polar surface area (TPSA) is 55.4 Å². The van der Waals surface area contributed by atoms with E-state index < -0.39 is 15.6 Å². The third-order valence-corrected chi connectivity index (χ3v) is 5.44. The van der Waals surface area contributed by atoms with Crippen molar-refractivity contribution in [3.8, 4) is 0 Å². The van der Waals surface area contributed by atoms with Crippen molar-refractivity contribution in [1.82, 2.24) is 4.72 Å². The number of halogens is 1. The molecule has 19 heavy (non-hydrogen) atoms. The molecule has 0 bridgehead atoms. The third kappa shape index (κ3) is 3.48. The Balaban J connectivity index is 2.25. The fourth-order valence-corrected chi connectivity index (χ4v) is 4.13. The van der Waals surface area contributed by atoms with E-state index in [0.29, 0.717) is 26.1 Å². The van der Waals surface area contributed by atoms with Crippen LogP contribution in [0.1, 0.15) is 18.4 Å². The highest BCUT2D eigenvalue weighted by Gasteiger charge is 2.36. The number of sulfonamides is 1. The molecule has 0 radical (unpaired) electrons. The van der Waals surface area contributed by atoms with Crippen molar-refractivity contribution in [2.75, 3.05) is 19.1 Å². The van der Waals surface area contributed by atoms with E-state index in [2.05, 4.69) is 4.72 Å². The van der Waals surface area contributed by atoms with E-state index in [-0.39, 0.29) is 10.8 Å². The lowest BCUT2D eigenvalue weighted by molar-refractivity contribution is 0.0549. The highest BCUT2D eigenvalue weighted by Crippen LogP contribution is 2.25. The van der Waals surface area contributed by atoms with Crippen LogP contribution in [0.2, 0.25) is 0 Å². The summed E-state index contributed by atoms with van der Waals surface area (Å²) in [4.78, 5) is 0.281. The Hall–Kier alpha value is -0.620. The van der Waals surface area contributed by atoms with Gasteiger partial charge in [-0.25, -0.2) is 13.1 Å². The number of aryl methyl sites for hydroxylation is 1. The highest BCUT2D eigenvalue weighted by atomic mass is 35.5. The molecule has 106 valence electrons. The van der Waals surface area contributed by atoms with Gasteiger partial charge in [0.15, 0.2) is 0 Å². The van der Waals surface area contributed by atoms with E-state index in [0.717, 1.165) is 5.56 Å². The van der Waals surface area contributed by atoms with Crippen molar-refractivity contribution in [3.63, 3.8) is 0 Å². The molecular formula is C13H18ClNO3S. The molecule has 1 aromatic carbocycles. The third-order valence-electron chi connectivity index (χ3n) is 3.36. The summed E-state index contributed by atoms with van der Waals surface area (Å²) in [5.41, 5.74) is 0.317. The van der Waals surface area contributed by atoms with Crippen LogP contribution in [0.5, 0.6) is 0 Å². The van der Waals surface area contributed by atoms with Crippen LogP contribution in [-0.4, -0.2) is 33.1 Å². The van der Waals surface area contributed by atoms with E-state index in [1.165, 1.54) is 0 Å². The van der Waals surface area contributed by atoms with Gasteiger partial charge in [-0.2, -0.15) is 0 Å². The highest BCUT2D eigenvalue weighted by molar-refractivity contribution is 7.89. The lowest BCUT2D eigenvalue weighted by Gasteiger charge is -2.35. The van der Waals surface area contributed by atoms with Gasteiger partial charge in [0.1, 0.15) is 0 Å². The van der Waals surface area contributed by atoms with E-state index in [1.807, 2.05) is 13.0 Å². The van der Waals surface area contributed by atoms with E-state index >= 15 is 0 Å². The van der Waals surface area contributed by atoms with Crippen LogP contribution in [0.4, 0.5) is 0 Å². The molecule has 0 spiro atoms. The summed E-state index contributed by atoms with van der Waals surface area (Å²) in [6.45, 7) is 2.93. The lowest BCUT2D eigenvalue weighted by atomic mass is 9.94. The molecular weight excluding hydrogens is 286 g/mol. The van der Waals surface area contributed by atoms with Crippen molar-refractivity contribution in [1.29, 1.82) is 0 Å². The average Bonchev–Trinajstić information content (AvgIpc) is 2.39. The molecule has 0 unspecified atom stereocenters. The summed E-state index contributed by atoms with van der Waals surface area (Å²) in [6, 6.07) is 6.85. The van der Waals surface area contributed by atoms with Crippen LogP contribution in [0.3, 0.4) is 0 Å². The van der Waals surface area contributed by atoms with Gasteiger partial charge < -0.3 is 4.74 Å². The van der Waals surface area contributed by atoms with Crippen LogP contribution in [-0.2, 0) is 14.8 Å². The largest absolute Gasteiger partial charge is 0.381 e. The molecule has 0 amide bonds. The molecule has 0 saturated carbocycles. The molecule has 2 rings (SSSR count). The molecule has 1 N–H and O–H groups in total. The molecule has 1 aliphatic heterocycles. The Labute approximate surface area is 119 Å². The normalized spacial score (nSPS) is 19.3. The summed E-state index contributed by atoms with van der Waals surface area (Å²) in [5, 5.41) is 0. The molecule has 0 atom stereocenters. The molecule has 1 aliphatic rings. The maximum Gasteiger partial charge on any atom is 0.241 e. The Morgan fingerprint density at radius 2 is 2.05 bits per heavy atom. The number of benzene rings is 1. The molecule has 0 aliphatic carbocycles. The molecule has 1 aromatic rings. The van der Waals surface area contributed by atoms with Gasteiger partial charge in [0.2, 0.25) is 10.0 Å². The van der Waals surface area contributed by atoms with Crippen molar-refractivity contribution in [2.24, 2.45) is 0 Å². The standard InChI is InChI=1S/C13H18ClNO3S/c1-11-3-2-4-12(9-11)19(16,17)15-13(10-14)5-7-18-8-6-13/h2-4,9,15H,5-8,10H2,1H3. The number of hydrogen-bond donors (Lipinski definition) is 1. The van der Waals surface area contributed by atoms with Gasteiger partial charge in [-0.1, -0.05) is 12.1 Å². The first kappa shape index (κ1) is 14.8. The van der Waals surface area contributed by atoms with Crippen LogP contribution in [0, 0.1) is 6.92 Å². The zero-order valence-electron chi connectivity index (χ0n) is 10.9. The molecule has 1 saturated heterocycles. The summed E-state index contributed by atoms with van der Waals surface area (Å²) >= 11 is 5.98. The zero-order chi connectivity index (χ0) is 13.9. The molecule has 1 fully saturated rings. The predicted octanol–water partition coefficient (Wildman–Crippen LogP) is 2.06. The van der Waals surface area contributed by atoms with Crippen LogP contribution < -0.4 is 4.72 Å². The minimum atomic E-state index is -3.54. The summed E-state index contributed by atoms with van der Waals surface area (Å²) in [7, 11) is -3.54. The van der Waals surface area contributed by atoms with E-state index in [9.17, 15) is 8.42 Å². The second-order valence-electron chi connectivity index (χ2n) is 4.95. The monoisotopic (exact) mass is 303 g/mol. The molecule has 0 aromatic heterocycles. The van der Waals surface area contributed by atoms with Crippen molar-refractivity contribution < 1.29 is 13.2 Å². The van der Waals surface area contributed by atoms with Gasteiger partial charge in [0.05, 0.1) is 10.4 Å². The Morgan fingerprint density at radius 3 is 2.63 bits per heavy atom. The number of alkyl halides is 1. The number of hydrogen-bond acceptors (Lipinski definition) is 3. The van der Waals surface area contributed by atoms with Gasteiger partial charge in [0, 0.05) is 19.1 Å². The van der Waals surface area contributed by atoms with Crippen LogP contribution >= 0.6 is 11.6 Å². The van der Waals surface area contributed by atoms with Gasteiger partial charge in [-0.3, -0.25) is 0 Å². The lowest BCUT2D eigenvalue weighted by Crippen LogP contribution is -2.53. The minimum absolute atomic E-state index is 0.251. The SMILES string of the molecule is Cc1cccc(S(=O)(=O)NC2(CCl)CCOCC2)c1. The van der Waals surface area contributed by atoms with Crippen molar-refractivity contribution in [3.05, 3.63) is 29.8 Å². The van der Waals surface area contributed by atoms with Gasteiger partial charge in [0.25, 0.3) is 0 Å². The summed E-state index contributed by atoms with van der Waals surface area (Å²) < 4.78 is 32.8. The smallest absolute Gasteiger partial charge is 0.241 e. The minimum Gasteiger partial charge on any atom is -0.381 e. The maximum atomic E-state index is 12.4. The first-order valence-electron chi connectivity index (χ1n) is 6.22. The Kier molecular flexibility index (Phi) is 4.50. The average molecular weight is 304 g/mol.